The van der Waals surface area contributed by atoms with E-state index in [0.29, 0.717) is 0 Å². The Morgan fingerprint density at radius 1 is 1.11 bits per heavy atom. The summed E-state index contributed by atoms with van der Waals surface area (Å²) < 4.78 is 0. The monoisotopic (exact) mass is 482 g/mol. The number of carboxylic acid groups (broad SMARTS) is 1. The molecular formula is C25H30N4O6. The molecular weight excluding hydrogens is 452 g/mol. The van der Waals surface area contributed by atoms with E-state index >= 15 is 0 Å². The Bertz CT molecular complexity index is 1140. The lowest BCUT2D eigenvalue weighted by Gasteiger charge is -2.38. The maximum Gasteiger partial charge on any atom is 0.326 e. The molecule has 0 aliphatic carbocycles. The first-order valence-electron chi connectivity index (χ1n) is 11.2. The molecule has 1 aliphatic heterocycles. The number of nitrogens with zero attached hydrogens (tertiary/aromatic N) is 1. The zero-order chi connectivity index (χ0) is 25.9. The minimum absolute atomic E-state index is 0.122. The molecule has 3 rings (SSSR count). The van der Waals surface area contributed by atoms with Crippen LogP contribution in [0.15, 0.2) is 36.4 Å². The van der Waals surface area contributed by atoms with E-state index in [1.807, 2.05) is 38.1 Å². The lowest BCUT2D eigenvalue weighted by molar-refractivity contribution is -0.146. The van der Waals surface area contributed by atoms with Gasteiger partial charge in [-0.05, 0) is 60.2 Å². The molecule has 0 unspecified atom stereocenters. The number of carbonyl (C=O) groups is 4. The van der Waals surface area contributed by atoms with E-state index in [-0.39, 0.29) is 25.1 Å². The number of rotatable bonds is 8. The van der Waals surface area contributed by atoms with Crippen LogP contribution in [-0.4, -0.2) is 56.9 Å². The van der Waals surface area contributed by atoms with Gasteiger partial charge in [0.25, 0.3) is 0 Å². The van der Waals surface area contributed by atoms with Crippen molar-refractivity contribution in [1.82, 2.24) is 10.2 Å². The molecule has 3 amide bonds. The number of phenolic OH excluding ortho intramolecular Hbond substituents is 1. The van der Waals surface area contributed by atoms with Crippen molar-refractivity contribution in [3.8, 4) is 5.75 Å². The maximum absolute atomic E-state index is 13.5. The van der Waals surface area contributed by atoms with Crippen LogP contribution >= 0.6 is 0 Å². The summed E-state index contributed by atoms with van der Waals surface area (Å²) in [5, 5.41) is 21.5. The first kappa shape index (κ1) is 25.7. The molecule has 7 N–H and O–H groups in total. The van der Waals surface area contributed by atoms with Gasteiger partial charge in [0.2, 0.25) is 17.7 Å². The number of carboxylic acids is 1. The average molecular weight is 483 g/mol. The van der Waals surface area contributed by atoms with Crippen molar-refractivity contribution in [1.29, 1.82) is 0 Å². The number of aromatic hydroxyl groups is 1. The van der Waals surface area contributed by atoms with Crippen LogP contribution in [0.4, 0.5) is 0 Å². The number of hydrogen-bond acceptors (Lipinski definition) is 6. The first-order chi connectivity index (χ1) is 16.5. The third-order valence-electron chi connectivity index (χ3n) is 6.28. The second-order valence-corrected chi connectivity index (χ2v) is 8.89. The molecule has 0 aromatic heterocycles. The highest BCUT2D eigenvalue weighted by Crippen LogP contribution is 2.26. The van der Waals surface area contributed by atoms with Gasteiger partial charge in [0.15, 0.2) is 0 Å². The summed E-state index contributed by atoms with van der Waals surface area (Å²) in [5.74, 6) is -3.32. The molecule has 0 saturated heterocycles. The Morgan fingerprint density at radius 3 is 2.29 bits per heavy atom. The number of carbonyl (C=O) groups excluding carboxylic acids is 3. The third-order valence-corrected chi connectivity index (χ3v) is 6.28. The smallest absolute Gasteiger partial charge is 0.326 e. The molecule has 2 aromatic rings. The molecule has 0 saturated carbocycles. The Labute approximate surface area is 202 Å². The van der Waals surface area contributed by atoms with E-state index in [4.69, 9.17) is 11.5 Å². The number of benzene rings is 2. The summed E-state index contributed by atoms with van der Waals surface area (Å²) in [6.07, 6.45) is -0.208. The Balaban J connectivity index is 1.87. The van der Waals surface area contributed by atoms with E-state index in [2.05, 4.69) is 5.32 Å². The van der Waals surface area contributed by atoms with Crippen LogP contribution in [0, 0.1) is 13.8 Å². The molecule has 1 aliphatic rings. The van der Waals surface area contributed by atoms with Crippen LogP contribution in [0.2, 0.25) is 0 Å². The molecule has 10 heteroatoms. The summed E-state index contributed by atoms with van der Waals surface area (Å²) >= 11 is 0. The molecule has 186 valence electrons. The summed E-state index contributed by atoms with van der Waals surface area (Å²) in [4.78, 5) is 50.8. The Kier molecular flexibility index (Phi) is 7.75. The predicted octanol–water partition coefficient (Wildman–Crippen LogP) is 0.277. The number of aryl methyl sites for hydroxylation is 2. The quantitative estimate of drug-likeness (QED) is 0.359. The molecule has 35 heavy (non-hydrogen) atoms. The van der Waals surface area contributed by atoms with Crippen LogP contribution in [0.1, 0.15) is 34.2 Å². The van der Waals surface area contributed by atoms with Gasteiger partial charge in [-0.1, -0.05) is 24.3 Å². The lowest BCUT2D eigenvalue weighted by atomic mass is 9.91. The SMILES string of the molecule is Cc1cc(O)cc(C)c1C[C@H](N)C(=O)N1Cc2ccccc2C[C@H]1C(=O)N[C@H](CC(N)=O)C(=O)O. The van der Waals surface area contributed by atoms with Crippen LogP contribution in [0.5, 0.6) is 5.75 Å². The summed E-state index contributed by atoms with van der Waals surface area (Å²) in [7, 11) is 0. The highest BCUT2D eigenvalue weighted by Gasteiger charge is 2.38. The van der Waals surface area contributed by atoms with Crippen LogP contribution in [0.3, 0.4) is 0 Å². The van der Waals surface area contributed by atoms with Crippen molar-refractivity contribution in [3.63, 3.8) is 0 Å². The summed E-state index contributed by atoms with van der Waals surface area (Å²) in [6, 6.07) is 7.05. The number of hydrogen-bond donors (Lipinski definition) is 5. The number of phenols is 1. The van der Waals surface area contributed by atoms with E-state index in [0.717, 1.165) is 27.8 Å². The minimum atomic E-state index is -1.51. The van der Waals surface area contributed by atoms with Gasteiger partial charge in [0.1, 0.15) is 17.8 Å². The molecule has 10 nitrogen and oxygen atoms in total. The zero-order valence-electron chi connectivity index (χ0n) is 19.7. The van der Waals surface area contributed by atoms with Gasteiger partial charge in [-0.25, -0.2) is 4.79 Å². The van der Waals surface area contributed by atoms with Crippen LogP contribution in [0.25, 0.3) is 0 Å². The van der Waals surface area contributed by atoms with Crippen molar-refractivity contribution in [2.45, 2.75) is 57.8 Å². The molecule has 2 aromatic carbocycles. The number of aliphatic carboxylic acids is 1. The minimum Gasteiger partial charge on any atom is -0.508 e. The molecule has 1 heterocycles. The van der Waals surface area contributed by atoms with Gasteiger partial charge < -0.3 is 31.9 Å². The van der Waals surface area contributed by atoms with Gasteiger partial charge >= 0.3 is 5.97 Å². The fourth-order valence-corrected chi connectivity index (χ4v) is 4.47. The van der Waals surface area contributed by atoms with Crippen molar-refractivity contribution in [2.75, 3.05) is 0 Å². The predicted molar refractivity (Wildman–Crippen MR) is 127 cm³/mol. The van der Waals surface area contributed by atoms with Crippen LogP contribution in [-0.2, 0) is 38.6 Å². The fraction of sp³-hybridized carbons (Fsp3) is 0.360. The molecule has 0 fully saturated rings. The maximum atomic E-state index is 13.5. The van der Waals surface area contributed by atoms with E-state index in [1.54, 1.807) is 12.1 Å². The standard InChI is InChI=1S/C25H30N4O6/c1-13-7-17(30)8-14(2)18(13)10-19(26)24(33)29-12-16-6-4-3-5-15(16)9-21(29)23(32)28-20(25(34)35)11-22(27)31/h3-8,19-21,30H,9-12,26H2,1-2H3,(H2,27,31)(H,28,32)(H,34,35)/t19-,20+,21-/m0/s1. The van der Waals surface area contributed by atoms with Crippen molar-refractivity contribution in [2.24, 2.45) is 11.5 Å². The van der Waals surface area contributed by atoms with Crippen molar-refractivity contribution >= 4 is 23.7 Å². The van der Waals surface area contributed by atoms with E-state index in [1.165, 1.54) is 4.90 Å². The zero-order valence-corrected chi connectivity index (χ0v) is 19.7. The third kappa shape index (κ3) is 5.96. The van der Waals surface area contributed by atoms with Crippen molar-refractivity contribution in [3.05, 3.63) is 64.2 Å². The van der Waals surface area contributed by atoms with Crippen molar-refractivity contribution < 1.29 is 29.4 Å². The normalized spacial score (nSPS) is 16.7. The molecule has 0 bridgehead atoms. The van der Waals surface area contributed by atoms with Crippen LogP contribution < -0.4 is 16.8 Å². The fourth-order valence-electron chi connectivity index (χ4n) is 4.47. The number of fused-ring (bicyclic) bond motifs is 1. The van der Waals surface area contributed by atoms with Gasteiger partial charge in [0, 0.05) is 13.0 Å². The number of nitrogens with one attached hydrogen (secondary N) is 1. The second-order valence-electron chi connectivity index (χ2n) is 8.89. The summed E-state index contributed by atoms with van der Waals surface area (Å²) in [6.45, 7) is 3.76. The number of primary amides is 1. The van der Waals surface area contributed by atoms with Gasteiger partial charge in [-0.15, -0.1) is 0 Å². The second kappa shape index (κ2) is 10.6. The average Bonchev–Trinajstić information content (AvgIpc) is 2.78. The van der Waals surface area contributed by atoms with Gasteiger partial charge in [0.05, 0.1) is 12.5 Å². The largest absolute Gasteiger partial charge is 0.508 e. The Morgan fingerprint density at radius 2 is 1.71 bits per heavy atom. The van der Waals surface area contributed by atoms with E-state index in [9.17, 15) is 29.4 Å². The highest BCUT2D eigenvalue weighted by atomic mass is 16.4. The molecule has 0 radical (unpaired) electrons. The number of nitrogens with two attached hydrogens (primary N) is 2. The number of amides is 3. The van der Waals surface area contributed by atoms with Gasteiger partial charge in [-0.3, -0.25) is 14.4 Å². The molecule has 3 atom stereocenters. The van der Waals surface area contributed by atoms with E-state index < -0.39 is 48.2 Å². The van der Waals surface area contributed by atoms with Gasteiger partial charge in [-0.2, -0.15) is 0 Å². The first-order valence-corrected chi connectivity index (χ1v) is 11.2. The highest BCUT2D eigenvalue weighted by molar-refractivity contribution is 5.93. The summed E-state index contributed by atoms with van der Waals surface area (Å²) in [5.41, 5.74) is 15.6. The molecule has 0 spiro atoms. The lowest BCUT2D eigenvalue weighted by Crippen LogP contribution is -2.58. The topological polar surface area (TPSA) is 176 Å². The Hall–Kier alpha value is -3.92.